The number of H-pyrrole nitrogens is 1. The standard InChI is InChI=1S/C15H11N3OS2/c1-16-14-17-10-6-5-8(7-12(10)20-14)9-3-2-4-11-13(9)18-15(19)21-11/h2-7H,1H3,(H,16,17)(H,18,19). The van der Waals surface area contributed by atoms with Crippen LogP contribution in [0.2, 0.25) is 0 Å². The maximum atomic E-state index is 11.6. The van der Waals surface area contributed by atoms with E-state index in [9.17, 15) is 4.79 Å². The van der Waals surface area contributed by atoms with Crippen molar-refractivity contribution in [1.82, 2.24) is 9.97 Å². The Labute approximate surface area is 128 Å². The van der Waals surface area contributed by atoms with Crippen molar-refractivity contribution in [2.24, 2.45) is 0 Å². The highest BCUT2D eigenvalue weighted by atomic mass is 32.1. The molecule has 4 aromatic rings. The summed E-state index contributed by atoms with van der Waals surface area (Å²) in [5.41, 5.74) is 4.03. The van der Waals surface area contributed by atoms with Gasteiger partial charge >= 0.3 is 4.87 Å². The number of benzene rings is 2. The number of para-hydroxylation sites is 1. The Bertz CT molecular complexity index is 1010. The number of nitrogens with one attached hydrogen (secondary N) is 2. The van der Waals surface area contributed by atoms with Crippen LogP contribution in [0.25, 0.3) is 31.6 Å². The third-order valence-corrected chi connectivity index (χ3v) is 5.25. The molecule has 0 aliphatic carbocycles. The first-order chi connectivity index (χ1) is 10.2. The predicted molar refractivity (Wildman–Crippen MR) is 90.6 cm³/mol. The largest absolute Gasteiger partial charge is 0.365 e. The summed E-state index contributed by atoms with van der Waals surface area (Å²) in [6.07, 6.45) is 0. The maximum Gasteiger partial charge on any atom is 0.305 e. The van der Waals surface area contributed by atoms with Gasteiger partial charge in [0.25, 0.3) is 0 Å². The van der Waals surface area contributed by atoms with E-state index < -0.39 is 0 Å². The molecule has 0 bridgehead atoms. The molecular weight excluding hydrogens is 302 g/mol. The molecule has 0 saturated carbocycles. The third kappa shape index (κ3) is 2.03. The van der Waals surface area contributed by atoms with Crippen molar-refractivity contribution in [1.29, 1.82) is 0 Å². The van der Waals surface area contributed by atoms with Crippen molar-refractivity contribution >= 4 is 48.2 Å². The van der Waals surface area contributed by atoms with Gasteiger partial charge in [0.05, 0.1) is 20.4 Å². The van der Waals surface area contributed by atoms with E-state index in [4.69, 9.17) is 0 Å². The Morgan fingerprint density at radius 3 is 2.90 bits per heavy atom. The average molecular weight is 313 g/mol. The minimum absolute atomic E-state index is 0.0196. The summed E-state index contributed by atoms with van der Waals surface area (Å²) in [7, 11) is 1.87. The van der Waals surface area contributed by atoms with Crippen molar-refractivity contribution in [3.63, 3.8) is 0 Å². The smallest absolute Gasteiger partial charge is 0.305 e. The maximum absolute atomic E-state index is 11.6. The van der Waals surface area contributed by atoms with E-state index in [1.54, 1.807) is 11.3 Å². The highest BCUT2D eigenvalue weighted by molar-refractivity contribution is 7.22. The van der Waals surface area contributed by atoms with Crippen LogP contribution in [0.4, 0.5) is 5.13 Å². The van der Waals surface area contributed by atoms with Gasteiger partial charge in [0.2, 0.25) is 0 Å². The summed E-state index contributed by atoms with van der Waals surface area (Å²) in [4.78, 5) is 19.0. The summed E-state index contributed by atoms with van der Waals surface area (Å²) in [5.74, 6) is 0. The van der Waals surface area contributed by atoms with Crippen LogP contribution >= 0.6 is 22.7 Å². The summed E-state index contributed by atoms with van der Waals surface area (Å²) in [6, 6.07) is 12.2. The van der Waals surface area contributed by atoms with Crippen molar-refractivity contribution in [3.8, 4) is 11.1 Å². The van der Waals surface area contributed by atoms with E-state index in [-0.39, 0.29) is 4.87 Å². The molecule has 2 aromatic carbocycles. The molecule has 6 heteroatoms. The van der Waals surface area contributed by atoms with Crippen molar-refractivity contribution in [2.45, 2.75) is 0 Å². The topological polar surface area (TPSA) is 57.8 Å². The fraction of sp³-hybridized carbons (Fsp3) is 0.0667. The summed E-state index contributed by atoms with van der Waals surface area (Å²) < 4.78 is 2.12. The first-order valence-corrected chi connectivity index (χ1v) is 8.08. The third-order valence-electron chi connectivity index (χ3n) is 3.37. The molecule has 0 saturated heterocycles. The number of thiazole rings is 2. The summed E-state index contributed by atoms with van der Waals surface area (Å²) >= 11 is 2.87. The summed E-state index contributed by atoms with van der Waals surface area (Å²) in [6.45, 7) is 0. The number of aromatic amines is 1. The van der Waals surface area contributed by atoms with E-state index in [2.05, 4.69) is 21.4 Å². The van der Waals surface area contributed by atoms with Gasteiger partial charge in [0, 0.05) is 12.6 Å². The van der Waals surface area contributed by atoms with Gasteiger partial charge in [0.15, 0.2) is 5.13 Å². The highest BCUT2D eigenvalue weighted by Gasteiger charge is 2.09. The molecule has 0 radical (unpaired) electrons. The normalized spacial score (nSPS) is 11.3. The van der Waals surface area contributed by atoms with Gasteiger partial charge in [0.1, 0.15) is 0 Å². The van der Waals surface area contributed by atoms with Crippen LogP contribution < -0.4 is 10.2 Å². The Balaban J connectivity index is 1.97. The quantitative estimate of drug-likeness (QED) is 0.590. The fourth-order valence-electron chi connectivity index (χ4n) is 2.41. The SMILES string of the molecule is CNc1nc2ccc(-c3cccc4sc(=O)[nH]c34)cc2s1. The molecule has 104 valence electrons. The summed E-state index contributed by atoms with van der Waals surface area (Å²) in [5, 5.41) is 3.98. The Kier molecular flexibility index (Phi) is 2.80. The van der Waals surface area contributed by atoms with Crippen molar-refractivity contribution < 1.29 is 0 Å². The number of rotatable bonds is 2. The Morgan fingerprint density at radius 2 is 2.05 bits per heavy atom. The van der Waals surface area contributed by atoms with Crippen LogP contribution in [0, 0.1) is 0 Å². The van der Waals surface area contributed by atoms with Gasteiger partial charge < -0.3 is 10.3 Å². The van der Waals surface area contributed by atoms with Crippen LogP contribution in [0.3, 0.4) is 0 Å². The molecule has 2 N–H and O–H groups in total. The van der Waals surface area contributed by atoms with Gasteiger partial charge in [-0.1, -0.05) is 40.9 Å². The molecule has 0 aliphatic heterocycles. The van der Waals surface area contributed by atoms with Gasteiger partial charge in [-0.3, -0.25) is 4.79 Å². The van der Waals surface area contributed by atoms with Crippen molar-refractivity contribution in [3.05, 3.63) is 46.1 Å². The fourth-order valence-corrected chi connectivity index (χ4v) is 4.03. The van der Waals surface area contributed by atoms with E-state index in [0.717, 1.165) is 36.7 Å². The first-order valence-electron chi connectivity index (χ1n) is 6.45. The second-order valence-electron chi connectivity index (χ2n) is 4.64. The molecule has 0 unspecified atom stereocenters. The van der Waals surface area contributed by atoms with Gasteiger partial charge in [-0.2, -0.15) is 0 Å². The molecule has 2 aromatic heterocycles. The molecule has 2 heterocycles. The number of anilines is 1. The average Bonchev–Trinajstić information content (AvgIpc) is 3.07. The van der Waals surface area contributed by atoms with Crippen LogP contribution in [-0.2, 0) is 0 Å². The molecule has 4 rings (SSSR count). The molecule has 0 fully saturated rings. The lowest BCUT2D eigenvalue weighted by Gasteiger charge is -2.03. The Hall–Kier alpha value is -2.18. The predicted octanol–water partition coefficient (Wildman–Crippen LogP) is 3.91. The lowest BCUT2D eigenvalue weighted by atomic mass is 10.0. The van der Waals surface area contributed by atoms with Crippen LogP contribution in [0.5, 0.6) is 0 Å². The van der Waals surface area contributed by atoms with Crippen LogP contribution in [0.15, 0.2) is 41.2 Å². The minimum Gasteiger partial charge on any atom is -0.365 e. The first kappa shape index (κ1) is 12.6. The second-order valence-corrected chi connectivity index (χ2v) is 6.69. The molecular formula is C15H11N3OS2. The number of nitrogens with zero attached hydrogens (tertiary/aromatic N) is 1. The molecule has 0 amide bonds. The zero-order valence-electron chi connectivity index (χ0n) is 11.1. The second kappa shape index (κ2) is 4.68. The molecule has 4 nitrogen and oxygen atoms in total. The lowest BCUT2D eigenvalue weighted by Crippen LogP contribution is -1.91. The lowest BCUT2D eigenvalue weighted by molar-refractivity contribution is 1.40. The van der Waals surface area contributed by atoms with E-state index >= 15 is 0 Å². The number of hydrogen-bond acceptors (Lipinski definition) is 5. The number of hydrogen-bond donors (Lipinski definition) is 2. The van der Waals surface area contributed by atoms with E-state index in [1.165, 1.54) is 11.3 Å². The monoisotopic (exact) mass is 313 g/mol. The molecule has 21 heavy (non-hydrogen) atoms. The highest BCUT2D eigenvalue weighted by Crippen LogP contribution is 2.33. The van der Waals surface area contributed by atoms with Gasteiger partial charge in [-0.15, -0.1) is 0 Å². The van der Waals surface area contributed by atoms with Crippen LogP contribution in [-0.4, -0.2) is 17.0 Å². The molecule has 0 atom stereocenters. The molecule has 0 aliphatic rings. The van der Waals surface area contributed by atoms with Gasteiger partial charge in [-0.25, -0.2) is 4.98 Å². The van der Waals surface area contributed by atoms with Crippen molar-refractivity contribution in [2.75, 3.05) is 12.4 Å². The Morgan fingerprint density at radius 1 is 1.14 bits per heavy atom. The van der Waals surface area contributed by atoms with Gasteiger partial charge in [-0.05, 0) is 23.8 Å². The number of fused-ring (bicyclic) bond motifs is 2. The minimum atomic E-state index is -0.0196. The van der Waals surface area contributed by atoms with E-state index in [0.29, 0.717) is 0 Å². The number of aromatic nitrogens is 2. The van der Waals surface area contributed by atoms with Crippen LogP contribution in [0.1, 0.15) is 0 Å². The zero-order valence-corrected chi connectivity index (χ0v) is 12.8. The molecule has 0 spiro atoms. The zero-order chi connectivity index (χ0) is 14.4. The van der Waals surface area contributed by atoms with E-state index in [1.807, 2.05) is 37.4 Å².